The average molecular weight is 378 g/mol. The van der Waals surface area contributed by atoms with E-state index in [4.69, 9.17) is 11.2 Å². The molecule has 3 rings (SSSR count). The van der Waals surface area contributed by atoms with Gasteiger partial charge in [0, 0.05) is 0 Å². The summed E-state index contributed by atoms with van der Waals surface area (Å²) < 4.78 is 8.29. The molecule has 0 saturated heterocycles. The molecule has 1 amide bonds. The summed E-state index contributed by atoms with van der Waals surface area (Å²) in [7, 11) is 1.64. The number of amides is 1. The van der Waals surface area contributed by atoms with Crippen LogP contribution in [-0.2, 0) is 24.2 Å². The molecule has 1 aromatic heterocycles. The van der Waals surface area contributed by atoms with Crippen LogP contribution in [0.3, 0.4) is 0 Å². The van der Waals surface area contributed by atoms with E-state index in [1.165, 1.54) is 16.9 Å². The summed E-state index contributed by atoms with van der Waals surface area (Å²) in [4.78, 5) is 17.5. The van der Waals surface area contributed by atoms with Crippen molar-refractivity contribution in [3.05, 3.63) is 57.9 Å². The van der Waals surface area contributed by atoms with Gasteiger partial charge in [-0.25, -0.2) is 0 Å². The van der Waals surface area contributed by atoms with Gasteiger partial charge in [-0.2, -0.15) is 4.99 Å². The lowest BCUT2D eigenvalue weighted by Gasteiger charge is -2.06. The van der Waals surface area contributed by atoms with Crippen LogP contribution >= 0.6 is 11.3 Å². The minimum absolute atomic E-state index is 0.187. The second-order valence-corrected chi connectivity index (χ2v) is 7.33. The van der Waals surface area contributed by atoms with Crippen molar-refractivity contribution in [1.82, 2.24) is 4.57 Å². The zero-order valence-corrected chi connectivity index (χ0v) is 16.6. The molecule has 0 aliphatic carbocycles. The lowest BCUT2D eigenvalue weighted by Crippen LogP contribution is -2.17. The van der Waals surface area contributed by atoms with Crippen molar-refractivity contribution in [2.24, 2.45) is 4.99 Å². The van der Waals surface area contributed by atoms with Crippen molar-refractivity contribution in [2.45, 2.75) is 33.2 Å². The molecule has 0 aliphatic rings. The number of carbonyl (C=O) groups excluding carboxylic acids is 1. The molecule has 0 saturated carbocycles. The quantitative estimate of drug-likeness (QED) is 0.632. The topological polar surface area (TPSA) is 43.6 Å². The fraction of sp³-hybridized carbons (Fsp3) is 0.273. The number of aromatic nitrogens is 1. The number of fused-ring (bicyclic) bond motifs is 1. The molecule has 3 aromatic rings. The van der Waals surface area contributed by atoms with E-state index >= 15 is 0 Å². The van der Waals surface area contributed by atoms with Crippen molar-refractivity contribution in [2.75, 3.05) is 7.11 Å². The molecule has 27 heavy (non-hydrogen) atoms. The first-order valence-electron chi connectivity index (χ1n) is 8.82. The molecule has 0 N–H and O–H groups in total. The number of methoxy groups -OCH3 is 1. The second-order valence-electron chi connectivity index (χ2n) is 6.32. The number of hydrogen-bond acceptors (Lipinski definition) is 3. The van der Waals surface area contributed by atoms with E-state index in [0.29, 0.717) is 11.3 Å². The monoisotopic (exact) mass is 378 g/mol. The van der Waals surface area contributed by atoms with Crippen molar-refractivity contribution in [1.29, 1.82) is 0 Å². The lowest BCUT2D eigenvalue weighted by atomic mass is 10.1. The Kier molecular flexibility index (Phi) is 5.78. The summed E-state index contributed by atoms with van der Waals surface area (Å²) in [6.07, 6.45) is 6.74. The van der Waals surface area contributed by atoms with E-state index in [2.05, 4.69) is 36.0 Å². The maximum absolute atomic E-state index is 12.5. The van der Waals surface area contributed by atoms with Crippen molar-refractivity contribution in [3.8, 4) is 18.1 Å². The molecule has 4 nitrogen and oxygen atoms in total. The Labute approximate surface area is 163 Å². The van der Waals surface area contributed by atoms with Gasteiger partial charge in [0.1, 0.15) is 5.75 Å². The minimum Gasteiger partial charge on any atom is -0.496 e. The maximum Gasteiger partial charge on any atom is 0.252 e. The molecule has 2 aromatic carbocycles. The highest BCUT2D eigenvalue weighted by Crippen LogP contribution is 2.20. The maximum atomic E-state index is 12.5. The van der Waals surface area contributed by atoms with Crippen molar-refractivity contribution in [3.63, 3.8) is 0 Å². The first-order chi connectivity index (χ1) is 13.0. The second kappa shape index (κ2) is 8.24. The highest BCUT2D eigenvalue weighted by molar-refractivity contribution is 7.16. The number of hydrogen-bond donors (Lipinski definition) is 0. The lowest BCUT2D eigenvalue weighted by molar-refractivity contribution is -0.117. The van der Waals surface area contributed by atoms with Gasteiger partial charge in [-0.15, -0.1) is 6.42 Å². The Morgan fingerprint density at radius 2 is 2.04 bits per heavy atom. The SMILES string of the molecule is C#CCn1c(=NC(=O)Cc2ccc(OC)c(C)c2)sc2cc(CC)ccc21. The van der Waals surface area contributed by atoms with E-state index in [-0.39, 0.29) is 12.3 Å². The third-order valence-corrected chi connectivity index (χ3v) is 5.48. The van der Waals surface area contributed by atoms with Gasteiger partial charge in [0.15, 0.2) is 4.80 Å². The summed E-state index contributed by atoms with van der Waals surface area (Å²) in [6, 6.07) is 12.0. The van der Waals surface area contributed by atoms with Crippen LogP contribution < -0.4 is 9.54 Å². The third kappa shape index (κ3) is 4.12. The Balaban J connectivity index is 1.96. The van der Waals surface area contributed by atoms with Crippen LogP contribution in [0.25, 0.3) is 10.2 Å². The van der Waals surface area contributed by atoms with E-state index in [1.807, 2.05) is 29.7 Å². The van der Waals surface area contributed by atoms with Gasteiger partial charge in [-0.1, -0.05) is 42.4 Å². The number of ether oxygens (including phenoxy) is 1. The number of nitrogens with zero attached hydrogens (tertiary/aromatic N) is 2. The van der Waals surface area contributed by atoms with E-state index in [9.17, 15) is 4.79 Å². The number of carbonyl (C=O) groups is 1. The van der Waals surface area contributed by atoms with Crippen LogP contribution in [0.15, 0.2) is 41.4 Å². The van der Waals surface area contributed by atoms with Gasteiger partial charge >= 0.3 is 0 Å². The number of aryl methyl sites for hydroxylation is 2. The molecule has 0 radical (unpaired) electrons. The van der Waals surface area contributed by atoms with E-state index < -0.39 is 0 Å². The Morgan fingerprint density at radius 3 is 2.70 bits per heavy atom. The Hall–Kier alpha value is -2.84. The minimum atomic E-state index is -0.187. The van der Waals surface area contributed by atoms with Crippen LogP contribution in [0.1, 0.15) is 23.6 Å². The predicted octanol–water partition coefficient (Wildman–Crippen LogP) is 3.89. The average Bonchev–Trinajstić information content (AvgIpc) is 2.98. The first-order valence-corrected chi connectivity index (χ1v) is 9.64. The summed E-state index contributed by atoms with van der Waals surface area (Å²) >= 11 is 1.50. The summed E-state index contributed by atoms with van der Waals surface area (Å²) in [5, 5.41) is 0. The van der Waals surface area contributed by atoms with Crippen LogP contribution in [0.4, 0.5) is 0 Å². The fourth-order valence-corrected chi connectivity index (χ4v) is 4.15. The summed E-state index contributed by atoms with van der Waals surface area (Å²) in [5.41, 5.74) is 4.18. The number of terminal acetylenes is 1. The van der Waals surface area contributed by atoms with Gasteiger partial charge in [0.25, 0.3) is 5.91 Å². The van der Waals surface area contributed by atoms with Gasteiger partial charge in [-0.3, -0.25) is 4.79 Å². The highest BCUT2D eigenvalue weighted by Gasteiger charge is 2.09. The molecule has 5 heteroatoms. The standard InChI is InChI=1S/C22H22N2O2S/c1-5-11-24-18-9-7-16(6-2)13-20(18)27-22(24)23-21(25)14-17-8-10-19(26-4)15(3)12-17/h1,7-10,12-13H,6,11,14H2,2-4H3. The molecule has 1 heterocycles. The van der Waals surface area contributed by atoms with E-state index in [0.717, 1.165) is 33.5 Å². The summed E-state index contributed by atoms with van der Waals surface area (Å²) in [5.74, 6) is 3.28. The number of benzene rings is 2. The van der Waals surface area contributed by atoms with E-state index in [1.54, 1.807) is 7.11 Å². The number of thiazole rings is 1. The van der Waals surface area contributed by atoms with Crippen molar-refractivity contribution >= 4 is 27.5 Å². The Bertz CT molecular complexity index is 1100. The molecule has 0 unspecified atom stereocenters. The van der Waals surface area contributed by atoms with Crippen LogP contribution in [-0.4, -0.2) is 17.6 Å². The molecule has 0 bridgehead atoms. The van der Waals surface area contributed by atoms with Gasteiger partial charge in [-0.05, 0) is 48.2 Å². The van der Waals surface area contributed by atoms with Crippen LogP contribution in [0, 0.1) is 19.3 Å². The molecular weight excluding hydrogens is 356 g/mol. The number of rotatable bonds is 5. The van der Waals surface area contributed by atoms with Gasteiger partial charge < -0.3 is 9.30 Å². The van der Waals surface area contributed by atoms with Crippen LogP contribution in [0.5, 0.6) is 5.75 Å². The Morgan fingerprint density at radius 1 is 1.26 bits per heavy atom. The van der Waals surface area contributed by atoms with Gasteiger partial charge in [0.05, 0.1) is 30.3 Å². The highest BCUT2D eigenvalue weighted by atomic mass is 32.1. The van der Waals surface area contributed by atoms with Gasteiger partial charge in [0.2, 0.25) is 0 Å². The predicted molar refractivity (Wildman–Crippen MR) is 110 cm³/mol. The zero-order valence-electron chi connectivity index (χ0n) is 15.8. The molecule has 0 atom stereocenters. The molecule has 0 spiro atoms. The first kappa shape index (κ1) is 18.9. The largest absolute Gasteiger partial charge is 0.496 e. The zero-order chi connectivity index (χ0) is 19.4. The normalized spacial score (nSPS) is 11.6. The molecular formula is C22H22N2O2S. The smallest absolute Gasteiger partial charge is 0.252 e. The molecule has 0 fully saturated rings. The fourth-order valence-electron chi connectivity index (χ4n) is 3.04. The molecule has 138 valence electrons. The third-order valence-electron chi connectivity index (χ3n) is 4.44. The summed E-state index contributed by atoms with van der Waals surface area (Å²) in [6.45, 7) is 4.47. The molecule has 0 aliphatic heterocycles. The van der Waals surface area contributed by atoms with Crippen LogP contribution in [0.2, 0.25) is 0 Å². The van der Waals surface area contributed by atoms with Crippen molar-refractivity contribution < 1.29 is 9.53 Å².